The van der Waals surface area contributed by atoms with Crippen molar-refractivity contribution in [3.8, 4) is 0 Å². The van der Waals surface area contributed by atoms with E-state index in [9.17, 15) is 9.50 Å². The van der Waals surface area contributed by atoms with Crippen LogP contribution < -0.4 is 0 Å². The summed E-state index contributed by atoms with van der Waals surface area (Å²) in [6.07, 6.45) is 1.88. The maximum atomic E-state index is 13.0. The summed E-state index contributed by atoms with van der Waals surface area (Å²) >= 11 is 1.58. The molecule has 0 saturated carbocycles. The standard InChI is InChI=1S/C19H19FN2OS/c1-14-2-4-15(5-3-14)10-22-11-18(12-23)21-19(22)24-13-16-6-8-17(20)9-7-16/h2-9,11,23H,10,12-13H2,1H3. The monoisotopic (exact) mass is 342 g/mol. The molecule has 1 heterocycles. The lowest BCUT2D eigenvalue weighted by atomic mass is 10.1. The van der Waals surface area contributed by atoms with Gasteiger partial charge in [0.1, 0.15) is 5.82 Å². The van der Waals surface area contributed by atoms with E-state index in [4.69, 9.17) is 0 Å². The minimum Gasteiger partial charge on any atom is -0.390 e. The highest BCUT2D eigenvalue weighted by Crippen LogP contribution is 2.24. The molecule has 0 aliphatic heterocycles. The Morgan fingerprint density at radius 2 is 1.71 bits per heavy atom. The molecule has 3 rings (SSSR count). The molecule has 24 heavy (non-hydrogen) atoms. The molecule has 0 bridgehead atoms. The highest BCUT2D eigenvalue weighted by molar-refractivity contribution is 7.98. The van der Waals surface area contributed by atoms with E-state index in [2.05, 4.69) is 36.2 Å². The molecule has 0 unspecified atom stereocenters. The summed E-state index contributed by atoms with van der Waals surface area (Å²) in [5.74, 6) is 0.475. The number of aliphatic hydroxyl groups is 1. The minimum absolute atomic E-state index is 0.0784. The summed E-state index contributed by atoms with van der Waals surface area (Å²) in [5.41, 5.74) is 4.11. The molecule has 2 aromatic carbocycles. The van der Waals surface area contributed by atoms with E-state index in [-0.39, 0.29) is 12.4 Å². The van der Waals surface area contributed by atoms with Crippen LogP contribution in [0.25, 0.3) is 0 Å². The number of hydrogen-bond acceptors (Lipinski definition) is 3. The molecule has 3 nitrogen and oxygen atoms in total. The lowest BCUT2D eigenvalue weighted by Crippen LogP contribution is -2.00. The molecular formula is C19H19FN2OS. The largest absolute Gasteiger partial charge is 0.390 e. The predicted molar refractivity (Wildman–Crippen MR) is 94.4 cm³/mol. The second-order valence-electron chi connectivity index (χ2n) is 5.70. The molecule has 0 amide bonds. The maximum absolute atomic E-state index is 13.0. The summed E-state index contributed by atoms with van der Waals surface area (Å²) in [6.45, 7) is 2.69. The van der Waals surface area contributed by atoms with Gasteiger partial charge in [0.15, 0.2) is 5.16 Å². The first-order chi connectivity index (χ1) is 11.6. The molecule has 5 heteroatoms. The van der Waals surface area contributed by atoms with Gasteiger partial charge in [-0.3, -0.25) is 0 Å². The molecule has 0 saturated heterocycles. The fourth-order valence-electron chi connectivity index (χ4n) is 2.37. The SMILES string of the molecule is Cc1ccc(Cn2cc(CO)nc2SCc2ccc(F)cc2)cc1. The average molecular weight is 342 g/mol. The molecule has 0 spiro atoms. The van der Waals surface area contributed by atoms with Crippen molar-refractivity contribution in [1.82, 2.24) is 9.55 Å². The number of hydrogen-bond donors (Lipinski definition) is 1. The number of thioether (sulfide) groups is 1. The maximum Gasteiger partial charge on any atom is 0.168 e. The van der Waals surface area contributed by atoms with Gasteiger partial charge in [-0.25, -0.2) is 9.37 Å². The third-order valence-corrected chi connectivity index (χ3v) is 4.77. The van der Waals surface area contributed by atoms with Gasteiger partial charge in [-0.1, -0.05) is 53.7 Å². The van der Waals surface area contributed by atoms with Crippen molar-refractivity contribution in [1.29, 1.82) is 0 Å². The molecule has 124 valence electrons. The first-order valence-corrected chi connectivity index (χ1v) is 8.72. The van der Waals surface area contributed by atoms with Crippen molar-refractivity contribution in [3.05, 3.63) is 82.9 Å². The molecule has 1 N–H and O–H groups in total. The number of imidazole rings is 1. The number of nitrogens with zero attached hydrogens (tertiary/aromatic N) is 2. The van der Waals surface area contributed by atoms with E-state index in [1.165, 1.54) is 23.3 Å². The summed E-state index contributed by atoms with van der Waals surface area (Å²) in [6, 6.07) is 14.9. The van der Waals surface area contributed by atoms with Crippen LogP contribution in [0.1, 0.15) is 22.4 Å². The van der Waals surface area contributed by atoms with Gasteiger partial charge in [-0.2, -0.15) is 0 Å². The normalized spacial score (nSPS) is 11.0. The minimum atomic E-state index is -0.229. The molecule has 3 aromatic rings. The average Bonchev–Trinajstić information content (AvgIpc) is 2.98. The van der Waals surface area contributed by atoms with E-state index >= 15 is 0 Å². The Bertz CT molecular complexity index is 797. The molecular weight excluding hydrogens is 323 g/mol. The Morgan fingerprint density at radius 1 is 1.04 bits per heavy atom. The van der Waals surface area contributed by atoms with Gasteiger partial charge < -0.3 is 9.67 Å². The van der Waals surface area contributed by atoms with E-state index in [0.717, 1.165) is 10.7 Å². The molecule has 0 radical (unpaired) electrons. The van der Waals surface area contributed by atoms with Crippen LogP contribution in [-0.4, -0.2) is 14.7 Å². The lowest BCUT2D eigenvalue weighted by molar-refractivity contribution is 0.277. The number of aryl methyl sites for hydroxylation is 1. The van der Waals surface area contributed by atoms with Crippen molar-refractivity contribution in [2.45, 2.75) is 31.0 Å². The zero-order valence-corrected chi connectivity index (χ0v) is 14.3. The predicted octanol–water partition coefficient (Wildman–Crippen LogP) is 4.16. The third-order valence-electron chi connectivity index (χ3n) is 3.71. The Morgan fingerprint density at radius 3 is 2.38 bits per heavy atom. The molecule has 0 atom stereocenters. The van der Waals surface area contributed by atoms with E-state index in [0.29, 0.717) is 18.0 Å². The highest BCUT2D eigenvalue weighted by atomic mass is 32.2. The van der Waals surface area contributed by atoms with Gasteiger partial charge in [0.2, 0.25) is 0 Å². The summed E-state index contributed by atoms with van der Waals surface area (Å²) in [4.78, 5) is 4.48. The van der Waals surface area contributed by atoms with Gasteiger partial charge in [-0.15, -0.1) is 0 Å². The van der Waals surface area contributed by atoms with Crippen molar-refractivity contribution >= 4 is 11.8 Å². The molecule has 1 aromatic heterocycles. The number of halogens is 1. The second-order valence-corrected chi connectivity index (χ2v) is 6.64. The van der Waals surface area contributed by atoms with Crippen LogP contribution in [-0.2, 0) is 18.9 Å². The van der Waals surface area contributed by atoms with Crippen LogP contribution in [0, 0.1) is 12.7 Å². The number of rotatable bonds is 6. The Balaban J connectivity index is 1.75. The highest BCUT2D eigenvalue weighted by Gasteiger charge is 2.09. The van der Waals surface area contributed by atoms with E-state index in [1.54, 1.807) is 23.9 Å². The van der Waals surface area contributed by atoms with Crippen LogP contribution >= 0.6 is 11.8 Å². The zero-order valence-electron chi connectivity index (χ0n) is 13.4. The van der Waals surface area contributed by atoms with Crippen molar-refractivity contribution in [2.24, 2.45) is 0 Å². The molecule has 0 fully saturated rings. The summed E-state index contributed by atoms with van der Waals surface area (Å²) in [5, 5.41) is 10.2. The van der Waals surface area contributed by atoms with Crippen LogP contribution in [0.3, 0.4) is 0 Å². The second kappa shape index (κ2) is 7.64. The zero-order chi connectivity index (χ0) is 16.9. The van der Waals surface area contributed by atoms with Gasteiger partial charge in [0.05, 0.1) is 12.3 Å². The van der Waals surface area contributed by atoms with Crippen LogP contribution in [0.5, 0.6) is 0 Å². The van der Waals surface area contributed by atoms with E-state index in [1.807, 2.05) is 10.8 Å². The fraction of sp³-hybridized carbons (Fsp3) is 0.211. The topological polar surface area (TPSA) is 38.0 Å². The van der Waals surface area contributed by atoms with Crippen molar-refractivity contribution in [2.75, 3.05) is 0 Å². The van der Waals surface area contributed by atoms with Gasteiger partial charge in [0.25, 0.3) is 0 Å². The van der Waals surface area contributed by atoms with Gasteiger partial charge in [-0.05, 0) is 30.2 Å². The van der Waals surface area contributed by atoms with Crippen molar-refractivity contribution < 1.29 is 9.50 Å². The first-order valence-electron chi connectivity index (χ1n) is 7.74. The Kier molecular flexibility index (Phi) is 5.33. The summed E-state index contributed by atoms with van der Waals surface area (Å²) < 4.78 is 15.0. The van der Waals surface area contributed by atoms with Crippen LogP contribution in [0.15, 0.2) is 59.9 Å². The number of aliphatic hydroxyl groups excluding tert-OH is 1. The van der Waals surface area contributed by atoms with Gasteiger partial charge in [0, 0.05) is 18.5 Å². The quantitative estimate of drug-likeness (QED) is 0.684. The molecule has 0 aliphatic rings. The smallest absolute Gasteiger partial charge is 0.168 e. The molecule has 0 aliphatic carbocycles. The van der Waals surface area contributed by atoms with Crippen LogP contribution in [0.2, 0.25) is 0 Å². The summed E-state index contributed by atoms with van der Waals surface area (Å²) in [7, 11) is 0. The van der Waals surface area contributed by atoms with Gasteiger partial charge >= 0.3 is 0 Å². The van der Waals surface area contributed by atoms with Crippen LogP contribution in [0.4, 0.5) is 4.39 Å². The number of aromatic nitrogens is 2. The lowest BCUT2D eigenvalue weighted by Gasteiger charge is -2.08. The first kappa shape index (κ1) is 16.7. The van der Waals surface area contributed by atoms with Crippen molar-refractivity contribution in [3.63, 3.8) is 0 Å². The Hall–Kier alpha value is -2.11. The fourth-order valence-corrected chi connectivity index (χ4v) is 3.33. The number of benzene rings is 2. The van der Waals surface area contributed by atoms with E-state index < -0.39 is 0 Å². The third kappa shape index (κ3) is 4.24. The Labute approximate surface area is 145 Å².